The number of hydrogen-bond acceptors (Lipinski definition) is 4. The number of hydrogen-bond donors (Lipinski definition) is 0. The lowest BCUT2D eigenvalue weighted by molar-refractivity contribution is 0.0498. The molecule has 186 valence electrons. The molecule has 0 spiro atoms. The van der Waals surface area contributed by atoms with Crippen LogP contribution in [0.1, 0.15) is 110 Å². The second-order valence-corrected chi connectivity index (χ2v) is 10.00. The Morgan fingerprint density at radius 2 is 1.69 bits per heavy atom. The van der Waals surface area contributed by atoms with Crippen LogP contribution in [-0.4, -0.2) is 12.6 Å². The van der Waals surface area contributed by atoms with Gasteiger partial charge in [-0.1, -0.05) is 82.2 Å². The number of benzene rings is 2. The molecule has 4 rings (SSSR count). The first-order valence-corrected chi connectivity index (χ1v) is 13.4. The third-order valence-electron chi connectivity index (χ3n) is 7.12. The fraction of sp³-hybridized carbons (Fsp3) is 0.484. The Labute approximate surface area is 208 Å². The average molecular weight is 475 g/mol. The highest BCUT2D eigenvalue weighted by atomic mass is 16.5. The first kappa shape index (κ1) is 25.2. The van der Waals surface area contributed by atoms with Crippen LogP contribution < -0.4 is 5.43 Å². The van der Waals surface area contributed by atoms with Crippen molar-refractivity contribution in [2.75, 3.05) is 6.61 Å². The summed E-state index contributed by atoms with van der Waals surface area (Å²) in [6.45, 7) is 6.79. The monoisotopic (exact) mass is 474 g/mol. The van der Waals surface area contributed by atoms with Crippen LogP contribution in [0, 0.1) is 6.92 Å². The summed E-state index contributed by atoms with van der Waals surface area (Å²) in [5.74, 6) is 1.08. The fourth-order valence-electron chi connectivity index (χ4n) is 4.96. The van der Waals surface area contributed by atoms with E-state index < -0.39 is 0 Å². The summed E-state index contributed by atoms with van der Waals surface area (Å²) in [7, 11) is 0. The van der Waals surface area contributed by atoms with E-state index in [1.807, 2.05) is 0 Å². The van der Waals surface area contributed by atoms with Gasteiger partial charge in [-0.3, -0.25) is 4.79 Å². The summed E-state index contributed by atoms with van der Waals surface area (Å²) in [5.41, 5.74) is 4.26. The van der Waals surface area contributed by atoms with Crippen molar-refractivity contribution in [1.29, 1.82) is 0 Å². The maximum absolute atomic E-state index is 13.5. The number of rotatable bonds is 12. The number of carbonyl (C=O) groups excluding carboxylic acids is 1. The zero-order valence-corrected chi connectivity index (χ0v) is 21.4. The molecule has 1 saturated carbocycles. The van der Waals surface area contributed by atoms with Crippen LogP contribution in [0.15, 0.2) is 51.7 Å². The van der Waals surface area contributed by atoms with Crippen LogP contribution in [0.2, 0.25) is 0 Å². The molecule has 2 unspecified atom stereocenters. The highest BCUT2D eigenvalue weighted by Gasteiger charge is 2.43. The first-order valence-electron chi connectivity index (χ1n) is 13.4. The van der Waals surface area contributed by atoms with Crippen molar-refractivity contribution in [2.24, 2.45) is 0 Å². The summed E-state index contributed by atoms with van der Waals surface area (Å²) in [5, 5.41) is 0.471. The smallest absolute Gasteiger partial charge is 0.338 e. The molecule has 3 aromatic rings. The number of fused-ring (bicyclic) bond motifs is 1. The van der Waals surface area contributed by atoms with Gasteiger partial charge in [0.05, 0.1) is 17.6 Å². The summed E-state index contributed by atoms with van der Waals surface area (Å²) in [6, 6.07) is 13.8. The molecule has 0 amide bonds. The summed E-state index contributed by atoms with van der Waals surface area (Å²) >= 11 is 0. The van der Waals surface area contributed by atoms with E-state index in [0.29, 0.717) is 35.5 Å². The first-order chi connectivity index (χ1) is 17.0. The van der Waals surface area contributed by atoms with Gasteiger partial charge < -0.3 is 9.15 Å². The van der Waals surface area contributed by atoms with Crippen LogP contribution in [-0.2, 0) is 11.2 Å². The van der Waals surface area contributed by atoms with Gasteiger partial charge in [0.2, 0.25) is 0 Å². The zero-order valence-electron chi connectivity index (χ0n) is 21.4. The van der Waals surface area contributed by atoms with Crippen molar-refractivity contribution >= 4 is 16.9 Å². The molecular formula is C31H38O4. The Morgan fingerprint density at radius 1 is 0.943 bits per heavy atom. The van der Waals surface area contributed by atoms with Gasteiger partial charge in [0, 0.05) is 11.5 Å². The van der Waals surface area contributed by atoms with Crippen molar-refractivity contribution in [3.05, 3.63) is 80.7 Å². The largest absolute Gasteiger partial charge is 0.462 e. The summed E-state index contributed by atoms with van der Waals surface area (Å²) < 4.78 is 11.8. The molecule has 0 aliphatic heterocycles. The molecule has 2 atom stereocenters. The van der Waals surface area contributed by atoms with Gasteiger partial charge >= 0.3 is 5.97 Å². The lowest BCUT2D eigenvalue weighted by Gasteiger charge is -2.11. The summed E-state index contributed by atoms with van der Waals surface area (Å²) in [6.07, 6.45) is 9.38. The Balaban J connectivity index is 1.50. The van der Waals surface area contributed by atoms with E-state index in [0.717, 1.165) is 37.0 Å². The highest BCUT2D eigenvalue weighted by Crippen LogP contribution is 2.55. The standard InChI is InChI=1S/C31H38O4/c1-4-6-7-8-9-10-18-34-31(33)23-16-17-28-27(19-23)29(32)24(11-5-2)30(35-28)26-20-25(26)22-14-12-21(3)13-15-22/h12-17,19,25-26H,4-11,18,20H2,1-3H3. The topological polar surface area (TPSA) is 56.5 Å². The molecule has 1 aliphatic rings. The minimum atomic E-state index is -0.373. The van der Waals surface area contributed by atoms with Gasteiger partial charge in [0.15, 0.2) is 5.43 Å². The van der Waals surface area contributed by atoms with E-state index in [9.17, 15) is 9.59 Å². The lowest BCUT2D eigenvalue weighted by atomic mass is 10.00. The van der Waals surface area contributed by atoms with E-state index in [2.05, 4.69) is 45.0 Å². The minimum absolute atomic E-state index is 0.0109. The van der Waals surface area contributed by atoms with Gasteiger partial charge in [0.25, 0.3) is 0 Å². The normalized spacial score (nSPS) is 17.0. The van der Waals surface area contributed by atoms with Crippen LogP contribution in [0.25, 0.3) is 11.0 Å². The molecule has 4 heteroatoms. The molecule has 0 N–H and O–H groups in total. The molecule has 2 aromatic carbocycles. The molecule has 0 saturated heterocycles. The maximum atomic E-state index is 13.5. The molecule has 4 nitrogen and oxygen atoms in total. The van der Waals surface area contributed by atoms with Gasteiger partial charge in [-0.15, -0.1) is 0 Å². The Bertz CT molecular complexity index is 1210. The average Bonchev–Trinajstić information content (AvgIpc) is 3.66. The minimum Gasteiger partial charge on any atom is -0.462 e. The Morgan fingerprint density at radius 3 is 2.43 bits per heavy atom. The van der Waals surface area contributed by atoms with Crippen LogP contribution in [0.5, 0.6) is 0 Å². The van der Waals surface area contributed by atoms with Crippen molar-refractivity contribution in [1.82, 2.24) is 0 Å². The zero-order chi connectivity index (χ0) is 24.8. The van der Waals surface area contributed by atoms with E-state index in [4.69, 9.17) is 9.15 Å². The quantitative estimate of drug-likeness (QED) is 0.198. The van der Waals surface area contributed by atoms with E-state index in [1.165, 1.54) is 36.8 Å². The van der Waals surface area contributed by atoms with Gasteiger partial charge in [-0.05, 0) is 55.9 Å². The second-order valence-electron chi connectivity index (χ2n) is 10.00. The summed E-state index contributed by atoms with van der Waals surface area (Å²) in [4.78, 5) is 26.1. The van der Waals surface area contributed by atoms with Crippen molar-refractivity contribution in [3.63, 3.8) is 0 Å². The number of unbranched alkanes of at least 4 members (excludes halogenated alkanes) is 5. The molecule has 1 aromatic heterocycles. The number of carbonyl (C=O) groups is 1. The Hall–Kier alpha value is -2.88. The van der Waals surface area contributed by atoms with Crippen LogP contribution in [0.4, 0.5) is 0 Å². The third kappa shape index (κ3) is 6.04. The maximum Gasteiger partial charge on any atom is 0.338 e. The Kier molecular flexibility index (Phi) is 8.43. The van der Waals surface area contributed by atoms with E-state index in [1.54, 1.807) is 18.2 Å². The highest BCUT2D eigenvalue weighted by molar-refractivity contribution is 5.94. The molecular weight excluding hydrogens is 436 g/mol. The molecule has 0 bridgehead atoms. The van der Waals surface area contributed by atoms with Crippen molar-refractivity contribution in [2.45, 2.75) is 90.4 Å². The predicted molar refractivity (Wildman–Crippen MR) is 141 cm³/mol. The van der Waals surface area contributed by atoms with Crippen molar-refractivity contribution < 1.29 is 13.9 Å². The molecule has 1 fully saturated rings. The fourth-order valence-corrected chi connectivity index (χ4v) is 4.96. The lowest BCUT2D eigenvalue weighted by Crippen LogP contribution is -2.14. The molecule has 1 aliphatic carbocycles. The number of ether oxygens (including phenoxy) is 1. The van der Waals surface area contributed by atoms with Crippen LogP contribution in [0.3, 0.4) is 0 Å². The SMILES string of the molecule is CCCCCCCCOC(=O)c1ccc2oc(C3CC3c3ccc(C)cc3)c(CCC)c(=O)c2c1. The van der Waals surface area contributed by atoms with Gasteiger partial charge in [-0.25, -0.2) is 4.79 Å². The van der Waals surface area contributed by atoms with Crippen molar-refractivity contribution in [3.8, 4) is 0 Å². The van der Waals surface area contributed by atoms with Gasteiger partial charge in [0.1, 0.15) is 11.3 Å². The number of aryl methyl sites for hydroxylation is 1. The molecule has 0 radical (unpaired) electrons. The van der Waals surface area contributed by atoms with E-state index >= 15 is 0 Å². The molecule has 1 heterocycles. The number of esters is 1. The van der Waals surface area contributed by atoms with E-state index in [-0.39, 0.29) is 17.3 Å². The predicted octanol–water partition coefficient (Wildman–Crippen LogP) is 7.84. The molecule has 35 heavy (non-hydrogen) atoms. The third-order valence-corrected chi connectivity index (χ3v) is 7.12. The van der Waals surface area contributed by atoms with Crippen LogP contribution >= 0.6 is 0 Å². The second kappa shape index (κ2) is 11.7. The van der Waals surface area contributed by atoms with Gasteiger partial charge in [-0.2, -0.15) is 0 Å².